The third-order valence-electron chi connectivity index (χ3n) is 3.65. The Kier molecular flexibility index (Phi) is 3.38. The molecule has 1 unspecified atom stereocenters. The minimum atomic E-state index is -0.122. The summed E-state index contributed by atoms with van der Waals surface area (Å²) < 4.78 is 0. The van der Waals surface area contributed by atoms with E-state index in [0.29, 0.717) is 5.69 Å². The van der Waals surface area contributed by atoms with Crippen LogP contribution in [-0.2, 0) is 12.3 Å². The molecule has 0 bridgehead atoms. The molecule has 1 aliphatic carbocycles. The zero-order valence-electron chi connectivity index (χ0n) is 10.5. The SMILES string of the molecule is O=c1cc(CCl)nc(C2CCCc3ccccc32)[nH]1. The minimum Gasteiger partial charge on any atom is -0.310 e. The van der Waals surface area contributed by atoms with Gasteiger partial charge in [-0.25, -0.2) is 4.98 Å². The van der Waals surface area contributed by atoms with Crippen molar-refractivity contribution in [3.05, 3.63) is 63.3 Å². The molecule has 0 aliphatic heterocycles. The molecule has 19 heavy (non-hydrogen) atoms. The van der Waals surface area contributed by atoms with E-state index in [1.807, 2.05) is 6.07 Å². The average molecular weight is 275 g/mol. The fourth-order valence-electron chi connectivity index (χ4n) is 2.80. The van der Waals surface area contributed by atoms with Crippen molar-refractivity contribution >= 4 is 11.6 Å². The van der Waals surface area contributed by atoms with Crippen LogP contribution in [-0.4, -0.2) is 9.97 Å². The number of nitrogens with zero attached hydrogens (tertiary/aromatic N) is 1. The summed E-state index contributed by atoms with van der Waals surface area (Å²) in [6.07, 6.45) is 3.24. The summed E-state index contributed by atoms with van der Waals surface area (Å²) in [7, 11) is 0. The van der Waals surface area contributed by atoms with Gasteiger partial charge in [0.05, 0.1) is 11.6 Å². The second-order valence-corrected chi connectivity index (χ2v) is 5.17. The van der Waals surface area contributed by atoms with E-state index >= 15 is 0 Å². The molecule has 4 heteroatoms. The van der Waals surface area contributed by atoms with Crippen molar-refractivity contribution in [2.75, 3.05) is 0 Å². The van der Waals surface area contributed by atoms with Crippen molar-refractivity contribution in [3.63, 3.8) is 0 Å². The molecule has 0 saturated carbocycles. The van der Waals surface area contributed by atoms with Crippen LogP contribution in [0.4, 0.5) is 0 Å². The molecule has 0 fully saturated rings. The molecule has 2 aromatic rings. The van der Waals surface area contributed by atoms with Crippen LogP contribution in [0.3, 0.4) is 0 Å². The van der Waals surface area contributed by atoms with Gasteiger partial charge in [0, 0.05) is 12.0 Å². The maximum absolute atomic E-state index is 11.7. The lowest BCUT2D eigenvalue weighted by Gasteiger charge is -2.24. The van der Waals surface area contributed by atoms with E-state index in [1.54, 1.807) is 0 Å². The van der Waals surface area contributed by atoms with Gasteiger partial charge in [-0.15, -0.1) is 11.6 Å². The number of H-pyrrole nitrogens is 1. The molecule has 0 spiro atoms. The number of aromatic amines is 1. The summed E-state index contributed by atoms with van der Waals surface area (Å²) in [6, 6.07) is 9.86. The predicted octanol–water partition coefficient (Wildman–Crippen LogP) is 2.98. The minimum absolute atomic E-state index is 0.122. The summed E-state index contributed by atoms with van der Waals surface area (Å²) in [6.45, 7) is 0. The topological polar surface area (TPSA) is 45.8 Å². The maximum atomic E-state index is 11.7. The Morgan fingerprint density at radius 2 is 2.21 bits per heavy atom. The summed E-state index contributed by atoms with van der Waals surface area (Å²) in [5.41, 5.74) is 3.16. The van der Waals surface area contributed by atoms with E-state index in [1.165, 1.54) is 17.2 Å². The summed E-state index contributed by atoms with van der Waals surface area (Å²) in [4.78, 5) is 19.0. The summed E-state index contributed by atoms with van der Waals surface area (Å²) >= 11 is 5.79. The Morgan fingerprint density at radius 3 is 3.05 bits per heavy atom. The van der Waals surface area contributed by atoms with Crippen molar-refractivity contribution < 1.29 is 0 Å². The summed E-state index contributed by atoms with van der Waals surface area (Å²) in [5, 5.41) is 0. The number of alkyl halides is 1. The first-order valence-corrected chi connectivity index (χ1v) is 7.05. The van der Waals surface area contributed by atoms with Crippen LogP contribution in [0.5, 0.6) is 0 Å². The molecule has 1 aliphatic rings. The number of aryl methyl sites for hydroxylation is 1. The Morgan fingerprint density at radius 1 is 1.37 bits per heavy atom. The molecule has 0 amide bonds. The molecule has 1 heterocycles. The van der Waals surface area contributed by atoms with Crippen LogP contribution in [0, 0.1) is 0 Å². The molecule has 1 atom stereocenters. The molecule has 0 saturated heterocycles. The normalized spacial score (nSPS) is 18.1. The standard InChI is InChI=1S/C15H15ClN2O/c16-9-11-8-14(19)18-15(17-11)13-7-3-5-10-4-1-2-6-12(10)13/h1-2,4,6,8,13H,3,5,7,9H2,(H,17,18,19). The van der Waals surface area contributed by atoms with Gasteiger partial charge in [-0.05, 0) is 30.4 Å². The molecular formula is C15H15ClN2O. The van der Waals surface area contributed by atoms with E-state index < -0.39 is 0 Å². The molecule has 0 radical (unpaired) electrons. The highest BCUT2D eigenvalue weighted by molar-refractivity contribution is 6.16. The van der Waals surface area contributed by atoms with Crippen molar-refractivity contribution in [2.45, 2.75) is 31.1 Å². The highest BCUT2D eigenvalue weighted by atomic mass is 35.5. The first-order chi connectivity index (χ1) is 9.28. The number of rotatable bonds is 2. The van der Waals surface area contributed by atoms with E-state index in [0.717, 1.165) is 25.1 Å². The highest BCUT2D eigenvalue weighted by Crippen LogP contribution is 2.34. The number of hydrogen-bond acceptors (Lipinski definition) is 2. The van der Waals surface area contributed by atoms with Gasteiger partial charge in [0.25, 0.3) is 5.56 Å². The first-order valence-electron chi connectivity index (χ1n) is 6.52. The molecule has 3 nitrogen and oxygen atoms in total. The lowest BCUT2D eigenvalue weighted by atomic mass is 9.82. The van der Waals surface area contributed by atoms with Crippen LogP contribution in [0.15, 0.2) is 35.1 Å². The zero-order valence-corrected chi connectivity index (χ0v) is 11.3. The van der Waals surface area contributed by atoms with Gasteiger partial charge in [-0.2, -0.15) is 0 Å². The lowest BCUT2D eigenvalue weighted by molar-refractivity contribution is 0.586. The maximum Gasteiger partial charge on any atom is 0.251 e. The number of aromatic nitrogens is 2. The van der Waals surface area contributed by atoms with Gasteiger partial charge in [0.15, 0.2) is 0 Å². The van der Waals surface area contributed by atoms with Crippen molar-refractivity contribution in [3.8, 4) is 0 Å². The van der Waals surface area contributed by atoms with Gasteiger partial charge in [-0.3, -0.25) is 4.79 Å². The Bertz CT molecular complexity index is 651. The summed E-state index contributed by atoms with van der Waals surface area (Å²) in [5.74, 6) is 1.20. The lowest BCUT2D eigenvalue weighted by Crippen LogP contribution is -2.19. The van der Waals surface area contributed by atoms with Gasteiger partial charge in [0.1, 0.15) is 5.82 Å². The van der Waals surface area contributed by atoms with Crippen LogP contribution in [0.25, 0.3) is 0 Å². The van der Waals surface area contributed by atoms with E-state index in [2.05, 4.69) is 28.2 Å². The smallest absolute Gasteiger partial charge is 0.251 e. The highest BCUT2D eigenvalue weighted by Gasteiger charge is 2.23. The second kappa shape index (κ2) is 5.17. The van der Waals surface area contributed by atoms with Crippen LogP contribution in [0.1, 0.15) is 41.4 Å². The first kappa shape index (κ1) is 12.4. The quantitative estimate of drug-likeness (QED) is 0.856. The van der Waals surface area contributed by atoms with E-state index in [9.17, 15) is 4.79 Å². The molecule has 98 valence electrons. The molecule has 1 N–H and O–H groups in total. The third kappa shape index (κ3) is 2.43. The van der Waals surface area contributed by atoms with Crippen LogP contribution < -0.4 is 5.56 Å². The van der Waals surface area contributed by atoms with Crippen molar-refractivity contribution in [2.24, 2.45) is 0 Å². The monoisotopic (exact) mass is 274 g/mol. The van der Waals surface area contributed by atoms with Crippen molar-refractivity contribution in [1.29, 1.82) is 0 Å². The number of fused-ring (bicyclic) bond motifs is 1. The van der Waals surface area contributed by atoms with Crippen molar-refractivity contribution in [1.82, 2.24) is 9.97 Å². The number of benzene rings is 1. The number of nitrogens with one attached hydrogen (secondary N) is 1. The van der Waals surface area contributed by atoms with Gasteiger partial charge >= 0.3 is 0 Å². The molecule has 1 aromatic heterocycles. The molecule has 1 aromatic carbocycles. The fraction of sp³-hybridized carbons (Fsp3) is 0.333. The number of halogens is 1. The zero-order chi connectivity index (χ0) is 13.2. The Labute approximate surface area is 116 Å². The number of hydrogen-bond donors (Lipinski definition) is 1. The average Bonchev–Trinajstić information content (AvgIpc) is 2.46. The Hall–Kier alpha value is -1.61. The second-order valence-electron chi connectivity index (χ2n) is 4.90. The molecular weight excluding hydrogens is 260 g/mol. The van der Waals surface area contributed by atoms with E-state index in [4.69, 9.17) is 11.6 Å². The fourth-order valence-corrected chi connectivity index (χ4v) is 2.94. The van der Waals surface area contributed by atoms with Crippen LogP contribution in [0.2, 0.25) is 0 Å². The largest absolute Gasteiger partial charge is 0.310 e. The van der Waals surface area contributed by atoms with Gasteiger partial charge in [-0.1, -0.05) is 24.3 Å². The third-order valence-corrected chi connectivity index (χ3v) is 3.92. The van der Waals surface area contributed by atoms with Gasteiger partial charge in [0.2, 0.25) is 0 Å². The van der Waals surface area contributed by atoms with Gasteiger partial charge < -0.3 is 4.98 Å². The Balaban J connectivity index is 2.08. The van der Waals surface area contributed by atoms with E-state index in [-0.39, 0.29) is 17.4 Å². The predicted molar refractivity (Wildman–Crippen MR) is 75.6 cm³/mol. The molecule has 3 rings (SSSR count). The van der Waals surface area contributed by atoms with Crippen LogP contribution >= 0.6 is 11.6 Å².